The first-order chi connectivity index (χ1) is 18.9. The summed E-state index contributed by atoms with van der Waals surface area (Å²) in [4.78, 5) is 36.4. The van der Waals surface area contributed by atoms with Gasteiger partial charge in [-0.05, 0) is 30.5 Å². The molecule has 12 heteroatoms. The SMILES string of the molecule is O=C(Nc1nccs1)[C@H](CC1CCCCC1)N1CCN(S(=O)(=O)c2ccc(Oc3ccccc3)nc2)CC1=O. The molecule has 0 spiro atoms. The lowest BCUT2D eigenvalue weighted by molar-refractivity contribution is -0.142. The molecule has 5 rings (SSSR count). The third-order valence-electron chi connectivity index (χ3n) is 7.16. The fourth-order valence-corrected chi connectivity index (χ4v) is 6.98. The highest BCUT2D eigenvalue weighted by Crippen LogP contribution is 2.30. The number of sulfonamides is 1. The number of benzene rings is 1. The van der Waals surface area contributed by atoms with Crippen LogP contribution in [0.25, 0.3) is 0 Å². The van der Waals surface area contributed by atoms with Crippen molar-refractivity contribution in [2.24, 2.45) is 5.92 Å². The van der Waals surface area contributed by atoms with Gasteiger partial charge in [0.2, 0.25) is 27.7 Å². The van der Waals surface area contributed by atoms with Crippen molar-refractivity contribution in [1.82, 2.24) is 19.2 Å². The van der Waals surface area contributed by atoms with Crippen molar-refractivity contribution in [2.75, 3.05) is 25.0 Å². The van der Waals surface area contributed by atoms with Gasteiger partial charge in [-0.2, -0.15) is 4.31 Å². The maximum atomic E-state index is 13.3. The van der Waals surface area contributed by atoms with Crippen LogP contribution in [0.15, 0.2) is 65.1 Å². The summed E-state index contributed by atoms with van der Waals surface area (Å²) < 4.78 is 33.5. The number of nitrogens with one attached hydrogen (secondary N) is 1. The lowest BCUT2D eigenvalue weighted by Gasteiger charge is -2.39. The van der Waals surface area contributed by atoms with Gasteiger partial charge in [0, 0.05) is 30.7 Å². The van der Waals surface area contributed by atoms with E-state index in [1.807, 2.05) is 18.2 Å². The molecule has 1 atom stereocenters. The summed E-state index contributed by atoms with van der Waals surface area (Å²) in [5, 5.41) is 5.10. The third-order valence-corrected chi connectivity index (χ3v) is 9.67. The zero-order valence-electron chi connectivity index (χ0n) is 21.4. The number of carbonyl (C=O) groups is 2. The van der Waals surface area contributed by atoms with E-state index in [0.717, 1.165) is 30.0 Å². The number of anilines is 1. The Bertz CT molecular complexity index is 1360. The standard InChI is InChI=1S/C27H31N5O5S2/c33-25-19-31(39(35,36)22-11-12-24(29-18-22)37-21-9-5-2-6-10-21)14-15-32(25)23(17-20-7-3-1-4-8-20)26(34)30-27-28-13-16-38-27/h2,5-6,9-13,16,18,20,23H,1,3-4,7-8,14-15,17,19H2,(H,28,30,34)/t23-/m0/s1. The normalized spacial score (nSPS) is 18.1. The van der Waals surface area contributed by atoms with Gasteiger partial charge in [-0.25, -0.2) is 18.4 Å². The molecule has 39 heavy (non-hydrogen) atoms. The van der Waals surface area contributed by atoms with Gasteiger partial charge in [0.05, 0.1) is 12.7 Å². The molecule has 3 heterocycles. The number of thiazole rings is 1. The van der Waals surface area contributed by atoms with Crippen molar-refractivity contribution < 1.29 is 22.7 Å². The Balaban J connectivity index is 1.27. The van der Waals surface area contributed by atoms with Crippen LogP contribution < -0.4 is 10.1 Å². The average molecular weight is 570 g/mol. The number of hydrogen-bond donors (Lipinski definition) is 1. The Morgan fingerprint density at radius 2 is 1.87 bits per heavy atom. The van der Waals surface area contributed by atoms with Gasteiger partial charge < -0.3 is 15.0 Å². The lowest BCUT2D eigenvalue weighted by Crippen LogP contribution is -2.58. The number of amides is 2. The molecule has 2 aliphatic rings. The van der Waals surface area contributed by atoms with Crippen LogP contribution in [-0.2, 0) is 19.6 Å². The predicted molar refractivity (Wildman–Crippen MR) is 147 cm³/mol. The molecule has 1 aliphatic heterocycles. The number of hydrogen-bond acceptors (Lipinski definition) is 8. The number of ether oxygens (including phenoxy) is 1. The monoisotopic (exact) mass is 569 g/mol. The highest BCUT2D eigenvalue weighted by molar-refractivity contribution is 7.89. The molecule has 0 bridgehead atoms. The predicted octanol–water partition coefficient (Wildman–Crippen LogP) is 4.14. The maximum Gasteiger partial charge on any atom is 0.248 e. The summed E-state index contributed by atoms with van der Waals surface area (Å²) in [6.45, 7) is -0.123. The summed E-state index contributed by atoms with van der Waals surface area (Å²) >= 11 is 1.32. The second-order valence-electron chi connectivity index (χ2n) is 9.76. The first-order valence-corrected chi connectivity index (χ1v) is 15.4. The lowest BCUT2D eigenvalue weighted by atomic mass is 9.84. The molecule has 3 aromatic rings. The summed E-state index contributed by atoms with van der Waals surface area (Å²) in [5.41, 5.74) is 0. The molecule has 0 radical (unpaired) electrons. The minimum Gasteiger partial charge on any atom is -0.439 e. The Morgan fingerprint density at radius 1 is 1.08 bits per heavy atom. The van der Waals surface area contributed by atoms with Crippen LogP contribution in [0.4, 0.5) is 5.13 Å². The third kappa shape index (κ3) is 6.63. The van der Waals surface area contributed by atoms with E-state index in [4.69, 9.17) is 4.74 Å². The van der Waals surface area contributed by atoms with Gasteiger partial charge in [0.1, 0.15) is 16.7 Å². The highest BCUT2D eigenvalue weighted by Gasteiger charge is 2.39. The van der Waals surface area contributed by atoms with E-state index in [-0.39, 0.29) is 36.3 Å². The van der Waals surface area contributed by atoms with Crippen molar-refractivity contribution >= 4 is 38.3 Å². The van der Waals surface area contributed by atoms with Gasteiger partial charge in [-0.3, -0.25) is 9.59 Å². The van der Waals surface area contributed by atoms with Crippen LogP contribution in [0, 0.1) is 5.92 Å². The minimum absolute atomic E-state index is 0.0237. The Kier molecular flexibility index (Phi) is 8.53. The summed E-state index contributed by atoms with van der Waals surface area (Å²) in [7, 11) is -3.96. The quantitative estimate of drug-likeness (QED) is 0.411. The number of rotatable bonds is 9. The molecule has 1 N–H and O–H groups in total. The second-order valence-corrected chi connectivity index (χ2v) is 12.6. The molecule has 1 saturated carbocycles. The fourth-order valence-electron chi connectivity index (χ4n) is 5.13. The molecule has 10 nitrogen and oxygen atoms in total. The van der Waals surface area contributed by atoms with Gasteiger partial charge in [0.25, 0.3) is 0 Å². The van der Waals surface area contributed by atoms with Crippen LogP contribution in [-0.4, -0.2) is 65.1 Å². The summed E-state index contributed by atoms with van der Waals surface area (Å²) in [6.07, 6.45) is 8.89. The van der Waals surface area contributed by atoms with E-state index >= 15 is 0 Å². The van der Waals surface area contributed by atoms with Crippen LogP contribution in [0.5, 0.6) is 11.6 Å². The first-order valence-electron chi connectivity index (χ1n) is 13.1. The molecule has 1 saturated heterocycles. The van der Waals surface area contributed by atoms with Gasteiger partial charge in [-0.1, -0.05) is 50.3 Å². The van der Waals surface area contributed by atoms with E-state index in [0.29, 0.717) is 23.2 Å². The molecular formula is C27H31N5O5S2. The number of aromatic nitrogens is 2. The molecule has 0 unspecified atom stereocenters. The van der Waals surface area contributed by atoms with Crippen molar-refractivity contribution in [3.05, 3.63) is 60.2 Å². The molecule has 2 fully saturated rings. The zero-order chi connectivity index (χ0) is 27.2. The molecule has 1 aromatic carbocycles. The van der Waals surface area contributed by atoms with Gasteiger partial charge in [0.15, 0.2) is 5.13 Å². The molecular weight excluding hydrogens is 538 g/mol. The van der Waals surface area contributed by atoms with Crippen molar-refractivity contribution in [1.29, 1.82) is 0 Å². The molecule has 1 aliphatic carbocycles. The maximum absolute atomic E-state index is 13.3. The van der Waals surface area contributed by atoms with E-state index in [1.165, 1.54) is 36.1 Å². The van der Waals surface area contributed by atoms with Crippen molar-refractivity contribution in [2.45, 2.75) is 49.5 Å². The Hall–Kier alpha value is -3.35. The number of pyridine rings is 1. The highest BCUT2D eigenvalue weighted by atomic mass is 32.2. The van der Waals surface area contributed by atoms with Gasteiger partial charge in [-0.15, -0.1) is 11.3 Å². The van der Waals surface area contributed by atoms with Gasteiger partial charge >= 0.3 is 0 Å². The largest absolute Gasteiger partial charge is 0.439 e. The Labute approximate surface area is 232 Å². The second kappa shape index (κ2) is 12.2. The summed E-state index contributed by atoms with van der Waals surface area (Å²) in [6, 6.07) is 11.3. The topological polar surface area (TPSA) is 122 Å². The van der Waals surface area contributed by atoms with Crippen molar-refractivity contribution in [3.8, 4) is 11.6 Å². The smallest absolute Gasteiger partial charge is 0.248 e. The van der Waals surface area contributed by atoms with Crippen LogP contribution in [0.1, 0.15) is 38.5 Å². The van der Waals surface area contributed by atoms with Crippen LogP contribution in [0.2, 0.25) is 0 Å². The minimum atomic E-state index is -3.96. The fraction of sp³-hybridized carbons (Fsp3) is 0.407. The van der Waals surface area contributed by atoms with Crippen LogP contribution in [0.3, 0.4) is 0 Å². The number of para-hydroxylation sites is 1. The average Bonchev–Trinajstić information content (AvgIpc) is 3.46. The summed E-state index contributed by atoms with van der Waals surface area (Å²) in [5.74, 6) is 0.528. The van der Waals surface area contributed by atoms with Crippen LogP contribution >= 0.6 is 11.3 Å². The first kappa shape index (κ1) is 27.2. The van der Waals surface area contributed by atoms with Crippen molar-refractivity contribution in [3.63, 3.8) is 0 Å². The Morgan fingerprint density at radius 3 is 2.54 bits per heavy atom. The van der Waals surface area contributed by atoms with E-state index < -0.39 is 22.0 Å². The number of piperazine rings is 1. The molecule has 2 amide bonds. The van der Waals surface area contributed by atoms with E-state index in [9.17, 15) is 18.0 Å². The molecule has 2 aromatic heterocycles. The zero-order valence-corrected chi connectivity index (χ0v) is 23.1. The number of nitrogens with zero attached hydrogens (tertiary/aromatic N) is 4. The number of carbonyl (C=O) groups excluding carboxylic acids is 2. The molecule has 206 valence electrons. The van der Waals surface area contributed by atoms with E-state index in [2.05, 4.69) is 15.3 Å². The van der Waals surface area contributed by atoms with E-state index in [1.54, 1.807) is 28.6 Å².